The van der Waals surface area contributed by atoms with Gasteiger partial charge < -0.3 is 5.32 Å². The second-order valence-corrected chi connectivity index (χ2v) is 6.56. The Kier molecular flexibility index (Phi) is 4.89. The Labute approximate surface area is 140 Å². The first-order chi connectivity index (χ1) is 11.2. The fraction of sp³-hybridized carbons (Fsp3) is 0.150. The summed E-state index contributed by atoms with van der Waals surface area (Å²) in [4.78, 5) is 13.6. The van der Waals surface area contributed by atoms with E-state index < -0.39 is 0 Å². The van der Waals surface area contributed by atoms with Crippen molar-refractivity contribution in [2.45, 2.75) is 19.4 Å². The zero-order chi connectivity index (χ0) is 16.1. The van der Waals surface area contributed by atoms with E-state index >= 15 is 0 Å². The van der Waals surface area contributed by atoms with Crippen LogP contribution < -0.4 is 5.32 Å². The molecule has 116 valence electrons. The van der Waals surface area contributed by atoms with E-state index in [0.29, 0.717) is 6.42 Å². The Bertz CT molecular complexity index is 765. The number of hydrogen-bond acceptors (Lipinski definition) is 2. The van der Waals surface area contributed by atoms with Crippen LogP contribution in [0.25, 0.3) is 0 Å². The van der Waals surface area contributed by atoms with Crippen molar-refractivity contribution in [1.29, 1.82) is 0 Å². The summed E-state index contributed by atoms with van der Waals surface area (Å²) in [6, 6.07) is 22.2. The molecule has 0 bridgehead atoms. The van der Waals surface area contributed by atoms with Gasteiger partial charge in [-0.2, -0.15) is 0 Å². The van der Waals surface area contributed by atoms with Crippen LogP contribution in [0.5, 0.6) is 0 Å². The van der Waals surface area contributed by atoms with Crippen LogP contribution in [0.15, 0.2) is 72.1 Å². The predicted molar refractivity (Wildman–Crippen MR) is 95.6 cm³/mol. The lowest BCUT2D eigenvalue weighted by atomic mass is 9.95. The summed E-state index contributed by atoms with van der Waals surface area (Å²) in [6.07, 6.45) is 0.423. The van der Waals surface area contributed by atoms with E-state index in [2.05, 4.69) is 36.5 Å². The molecule has 1 atom stereocenters. The second-order valence-electron chi connectivity index (χ2n) is 5.52. The molecule has 0 aliphatic heterocycles. The van der Waals surface area contributed by atoms with Crippen molar-refractivity contribution in [3.05, 3.63) is 93.7 Å². The van der Waals surface area contributed by atoms with Crippen molar-refractivity contribution in [3.8, 4) is 0 Å². The molecule has 0 saturated carbocycles. The summed E-state index contributed by atoms with van der Waals surface area (Å²) in [5, 5.41) is 5.20. The average Bonchev–Trinajstić information content (AvgIpc) is 3.07. The Morgan fingerprint density at radius 3 is 2.43 bits per heavy atom. The number of carbonyl (C=O) groups excluding carboxylic acids is 1. The molecule has 1 N–H and O–H groups in total. The van der Waals surface area contributed by atoms with Crippen molar-refractivity contribution in [3.63, 3.8) is 0 Å². The Morgan fingerprint density at radius 2 is 1.74 bits per heavy atom. The van der Waals surface area contributed by atoms with Gasteiger partial charge in [0.2, 0.25) is 5.91 Å². The van der Waals surface area contributed by atoms with Gasteiger partial charge in [0.25, 0.3) is 0 Å². The largest absolute Gasteiger partial charge is 0.345 e. The maximum atomic E-state index is 12.5. The molecule has 1 unspecified atom stereocenters. The quantitative estimate of drug-likeness (QED) is 0.736. The number of hydrogen-bond donors (Lipinski definition) is 1. The van der Waals surface area contributed by atoms with Crippen LogP contribution in [0.1, 0.15) is 27.6 Å². The van der Waals surface area contributed by atoms with Crippen molar-refractivity contribution in [2.75, 3.05) is 0 Å². The van der Waals surface area contributed by atoms with E-state index in [4.69, 9.17) is 0 Å². The number of nitrogens with one attached hydrogen (secondary N) is 1. The molecule has 0 fully saturated rings. The first kappa shape index (κ1) is 15.5. The van der Waals surface area contributed by atoms with Gasteiger partial charge in [-0.3, -0.25) is 4.79 Å². The lowest BCUT2D eigenvalue weighted by Crippen LogP contribution is -2.30. The van der Waals surface area contributed by atoms with Crippen LogP contribution in [-0.2, 0) is 11.2 Å². The van der Waals surface area contributed by atoms with Gasteiger partial charge in [0.15, 0.2) is 0 Å². The molecule has 0 aliphatic carbocycles. The summed E-state index contributed by atoms with van der Waals surface area (Å²) < 4.78 is 0. The maximum Gasteiger partial charge on any atom is 0.226 e. The zero-order valence-electron chi connectivity index (χ0n) is 13.0. The molecule has 3 aromatic rings. The Morgan fingerprint density at radius 1 is 1.00 bits per heavy atom. The molecule has 1 aromatic heterocycles. The molecule has 0 saturated heterocycles. The number of amides is 1. The Balaban J connectivity index is 1.87. The van der Waals surface area contributed by atoms with Crippen LogP contribution in [0, 0.1) is 6.92 Å². The van der Waals surface area contributed by atoms with Gasteiger partial charge in [0.05, 0.1) is 12.5 Å². The molecular formula is C20H19NOS. The SMILES string of the molecule is Cc1ccccc1C(NC(=O)Cc1cccs1)c1ccccc1. The molecule has 0 aliphatic rings. The van der Waals surface area contributed by atoms with E-state index in [-0.39, 0.29) is 11.9 Å². The molecule has 3 heteroatoms. The maximum absolute atomic E-state index is 12.5. The minimum Gasteiger partial charge on any atom is -0.345 e. The molecule has 2 nitrogen and oxygen atoms in total. The van der Waals surface area contributed by atoms with E-state index in [1.807, 2.05) is 47.8 Å². The van der Waals surface area contributed by atoms with Gasteiger partial charge in [-0.1, -0.05) is 60.7 Å². The lowest BCUT2D eigenvalue weighted by Gasteiger charge is -2.21. The van der Waals surface area contributed by atoms with E-state index in [1.54, 1.807) is 11.3 Å². The van der Waals surface area contributed by atoms with Crippen LogP contribution >= 0.6 is 11.3 Å². The summed E-state index contributed by atoms with van der Waals surface area (Å²) in [7, 11) is 0. The third-order valence-electron chi connectivity index (χ3n) is 3.85. The van der Waals surface area contributed by atoms with Crippen molar-refractivity contribution >= 4 is 17.2 Å². The van der Waals surface area contributed by atoms with Crippen LogP contribution in [0.3, 0.4) is 0 Å². The standard InChI is InChI=1S/C20H19NOS/c1-15-8-5-6-12-18(15)20(16-9-3-2-4-10-16)21-19(22)14-17-11-7-13-23-17/h2-13,20H,14H2,1H3,(H,21,22). The summed E-state index contributed by atoms with van der Waals surface area (Å²) >= 11 is 1.61. The van der Waals surface area contributed by atoms with Gasteiger partial charge in [-0.15, -0.1) is 11.3 Å². The highest BCUT2D eigenvalue weighted by Gasteiger charge is 2.18. The van der Waals surface area contributed by atoms with Crippen molar-refractivity contribution < 1.29 is 4.79 Å². The van der Waals surface area contributed by atoms with Gasteiger partial charge in [-0.25, -0.2) is 0 Å². The van der Waals surface area contributed by atoms with Crippen molar-refractivity contribution in [2.24, 2.45) is 0 Å². The topological polar surface area (TPSA) is 29.1 Å². The zero-order valence-corrected chi connectivity index (χ0v) is 13.8. The highest BCUT2D eigenvalue weighted by Crippen LogP contribution is 2.25. The molecule has 0 spiro atoms. The molecule has 0 radical (unpaired) electrons. The molecule has 1 heterocycles. The predicted octanol–water partition coefficient (Wildman–Crippen LogP) is 4.50. The minimum atomic E-state index is -0.120. The fourth-order valence-electron chi connectivity index (χ4n) is 2.68. The average molecular weight is 321 g/mol. The highest BCUT2D eigenvalue weighted by atomic mass is 32.1. The van der Waals surface area contributed by atoms with Gasteiger partial charge in [-0.05, 0) is 35.1 Å². The van der Waals surface area contributed by atoms with E-state index in [0.717, 1.165) is 16.0 Å². The van der Waals surface area contributed by atoms with Gasteiger partial charge >= 0.3 is 0 Å². The molecular weight excluding hydrogens is 302 g/mol. The third-order valence-corrected chi connectivity index (χ3v) is 4.73. The molecule has 3 rings (SSSR count). The number of aryl methyl sites for hydroxylation is 1. The number of rotatable bonds is 5. The van der Waals surface area contributed by atoms with Gasteiger partial charge in [0, 0.05) is 4.88 Å². The van der Waals surface area contributed by atoms with Crippen molar-refractivity contribution in [1.82, 2.24) is 5.32 Å². The normalized spacial score (nSPS) is 11.9. The number of benzene rings is 2. The minimum absolute atomic E-state index is 0.0459. The first-order valence-electron chi connectivity index (χ1n) is 7.66. The van der Waals surface area contributed by atoms with Crippen LogP contribution in [0.4, 0.5) is 0 Å². The third kappa shape index (κ3) is 3.88. The second kappa shape index (κ2) is 7.25. The first-order valence-corrected chi connectivity index (χ1v) is 8.54. The number of thiophene rings is 1. The number of carbonyl (C=O) groups is 1. The van der Waals surface area contributed by atoms with Gasteiger partial charge in [0.1, 0.15) is 0 Å². The Hall–Kier alpha value is -2.39. The van der Waals surface area contributed by atoms with E-state index in [1.165, 1.54) is 5.56 Å². The lowest BCUT2D eigenvalue weighted by molar-refractivity contribution is -0.120. The summed E-state index contributed by atoms with van der Waals surface area (Å²) in [5.74, 6) is 0.0459. The monoisotopic (exact) mass is 321 g/mol. The molecule has 2 aromatic carbocycles. The highest BCUT2D eigenvalue weighted by molar-refractivity contribution is 7.10. The summed E-state index contributed by atoms with van der Waals surface area (Å²) in [6.45, 7) is 2.08. The van der Waals surface area contributed by atoms with E-state index in [9.17, 15) is 4.79 Å². The molecule has 1 amide bonds. The van der Waals surface area contributed by atoms with Crippen LogP contribution in [-0.4, -0.2) is 5.91 Å². The summed E-state index contributed by atoms with van der Waals surface area (Å²) in [5.41, 5.74) is 3.41. The fourth-order valence-corrected chi connectivity index (χ4v) is 3.38. The smallest absolute Gasteiger partial charge is 0.226 e. The van der Waals surface area contributed by atoms with Crippen LogP contribution in [0.2, 0.25) is 0 Å². The molecule has 23 heavy (non-hydrogen) atoms.